The van der Waals surface area contributed by atoms with E-state index in [4.69, 9.17) is 32.7 Å². The third kappa shape index (κ3) is 4.75. The highest BCUT2D eigenvalue weighted by atomic mass is 35.5. The number of rotatable bonds is 5. The summed E-state index contributed by atoms with van der Waals surface area (Å²) in [5.74, 6) is 0.959. The molecule has 8 heteroatoms. The van der Waals surface area contributed by atoms with Crippen molar-refractivity contribution in [1.29, 1.82) is 0 Å². The van der Waals surface area contributed by atoms with Crippen LogP contribution in [0, 0.1) is 0 Å². The number of carbonyl (C=O) groups excluding carboxylic acids is 1. The first-order valence-corrected chi connectivity index (χ1v) is 10.6. The van der Waals surface area contributed by atoms with Crippen LogP contribution in [0.25, 0.3) is 0 Å². The fourth-order valence-corrected chi connectivity index (χ4v) is 4.19. The van der Waals surface area contributed by atoms with Crippen LogP contribution in [0.2, 0.25) is 10.0 Å². The van der Waals surface area contributed by atoms with Crippen LogP contribution in [0.3, 0.4) is 0 Å². The number of methoxy groups -OCH3 is 2. The quantitative estimate of drug-likeness (QED) is 0.433. The number of hydrogen-bond acceptors (Lipinski definition) is 4. The zero-order valence-electron chi connectivity index (χ0n) is 17.6. The van der Waals surface area contributed by atoms with Crippen LogP contribution in [-0.4, -0.2) is 26.7 Å². The lowest BCUT2D eigenvalue weighted by Crippen LogP contribution is -2.38. The molecular weight excluding hydrogens is 471 g/mol. The van der Waals surface area contributed by atoms with E-state index in [1.807, 2.05) is 42.5 Å². The first kappa shape index (κ1) is 24.1. The van der Waals surface area contributed by atoms with E-state index in [1.165, 1.54) is 0 Å². The van der Waals surface area contributed by atoms with E-state index >= 15 is 0 Å². The Morgan fingerprint density at radius 3 is 2.47 bits per heavy atom. The molecule has 32 heavy (non-hydrogen) atoms. The molecule has 1 amide bonds. The Labute approximate surface area is 203 Å². The van der Waals surface area contributed by atoms with E-state index in [9.17, 15) is 4.79 Å². The summed E-state index contributed by atoms with van der Waals surface area (Å²) in [6.45, 7) is 0.530. The maximum Gasteiger partial charge on any atom is 0.258 e. The number of carbonyl (C=O) groups is 1. The zero-order chi connectivity index (χ0) is 22.0. The number of nitrogens with one attached hydrogen (secondary N) is 1. The largest absolute Gasteiger partial charge is 0.493 e. The van der Waals surface area contributed by atoms with Gasteiger partial charge >= 0.3 is 0 Å². The average molecular weight is 494 g/mol. The number of para-hydroxylation sites is 1. The second-order valence-corrected chi connectivity index (χ2v) is 8.04. The third-order valence-electron chi connectivity index (χ3n) is 5.38. The second-order valence-electron chi connectivity index (χ2n) is 7.20. The highest BCUT2D eigenvalue weighted by Crippen LogP contribution is 2.39. The molecule has 0 saturated carbocycles. The van der Waals surface area contributed by atoms with E-state index in [-0.39, 0.29) is 24.4 Å². The Balaban J connectivity index is 0.00000289. The van der Waals surface area contributed by atoms with Gasteiger partial charge < -0.3 is 19.7 Å². The molecule has 1 N–H and O–H groups in total. The van der Waals surface area contributed by atoms with Gasteiger partial charge in [-0.2, -0.15) is 0 Å². The van der Waals surface area contributed by atoms with E-state index in [1.54, 1.807) is 37.3 Å². The molecule has 0 aliphatic carbocycles. The monoisotopic (exact) mass is 492 g/mol. The van der Waals surface area contributed by atoms with Gasteiger partial charge in [-0.1, -0.05) is 41.4 Å². The number of nitrogens with zero attached hydrogens (tertiary/aromatic N) is 1. The lowest BCUT2D eigenvalue weighted by molar-refractivity contribution is 0.0984. The predicted octanol–water partition coefficient (Wildman–Crippen LogP) is 6.64. The van der Waals surface area contributed by atoms with Crippen LogP contribution in [0.4, 0.5) is 11.4 Å². The minimum absolute atomic E-state index is 0. The smallest absolute Gasteiger partial charge is 0.258 e. The minimum atomic E-state index is -0.124. The molecular formula is C24H23Cl3N2O3. The molecule has 1 aliphatic heterocycles. The van der Waals surface area contributed by atoms with Crippen LogP contribution < -0.4 is 19.7 Å². The number of anilines is 2. The van der Waals surface area contributed by atoms with Crippen LogP contribution in [0.15, 0.2) is 60.7 Å². The number of amides is 1. The van der Waals surface area contributed by atoms with Crippen molar-refractivity contribution in [2.24, 2.45) is 0 Å². The van der Waals surface area contributed by atoms with Gasteiger partial charge in [-0.3, -0.25) is 4.79 Å². The summed E-state index contributed by atoms with van der Waals surface area (Å²) in [7, 11) is 3.11. The van der Waals surface area contributed by atoms with Crippen molar-refractivity contribution >= 4 is 52.9 Å². The Morgan fingerprint density at radius 2 is 1.75 bits per heavy atom. The molecule has 0 aromatic heterocycles. The molecule has 0 bridgehead atoms. The van der Waals surface area contributed by atoms with Crippen molar-refractivity contribution in [2.45, 2.75) is 12.5 Å². The fourth-order valence-electron chi connectivity index (χ4n) is 3.83. The highest BCUT2D eigenvalue weighted by molar-refractivity contribution is 6.33. The molecule has 168 valence electrons. The Morgan fingerprint density at radius 1 is 1.00 bits per heavy atom. The van der Waals surface area contributed by atoms with E-state index in [0.29, 0.717) is 33.7 Å². The maximum absolute atomic E-state index is 13.4. The molecule has 0 radical (unpaired) electrons. The van der Waals surface area contributed by atoms with Crippen molar-refractivity contribution in [2.75, 3.05) is 31.0 Å². The highest BCUT2D eigenvalue weighted by Gasteiger charge is 2.30. The summed E-state index contributed by atoms with van der Waals surface area (Å²) in [6.07, 6.45) is 0.721. The molecule has 0 fully saturated rings. The number of fused-ring (bicyclic) bond motifs is 1. The molecule has 5 nitrogen and oxygen atoms in total. The van der Waals surface area contributed by atoms with E-state index in [2.05, 4.69) is 5.32 Å². The maximum atomic E-state index is 13.4. The van der Waals surface area contributed by atoms with Gasteiger partial charge in [-0.15, -0.1) is 12.4 Å². The first-order valence-electron chi connectivity index (χ1n) is 9.86. The summed E-state index contributed by atoms with van der Waals surface area (Å²) in [4.78, 5) is 15.2. The number of benzene rings is 3. The lowest BCUT2D eigenvalue weighted by Gasteiger charge is -2.35. The molecule has 4 rings (SSSR count). The van der Waals surface area contributed by atoms with Crippen molar-refractivity contribution < 1.29 is 14.3 Å². The average Bonchev–Trinajstić information content (AvgIpc) is 2.79. The molecule has 3 aromatic carbocycles. The minimum Gasteiger partial charge on any atom is -0.493 e. The lowest BCUT2D eigenvalue weighted by atomic mass is 9.95. The summed E-state index contributed by atoms with van der Waals surface area (Å²) >= 11 is 12.6. The van der Waals surface area contributed by atoms with Crippen LogP contribution in [0.1, 0.15) is 28.4 Å². The predicted molar refractivity (Wildman–Crippen MR) is 132 cm³/mol. The molecule has 1 heterocycles. The second kappa shape index (κ2) is 10.3. The Bertz CT molecular complexity index is 1120. The van der Waals surface area contributed by atoms with Crippen LogP contribution >= 0.6 is 35.6 Å². The van der Waals surface area contributed by atoms with Crippen LogP contribution in [-0.2, 0) is 0 Å². The molecule has 1 atom stereocenters. The van der Waals surface area contributed by atoms with Crippen LogP contribution in [0.5, 0.6) is 11.5 Å². The van der Waals surface area contributed by atoms with Gasteiger partial charge in [0.2, 0.25) is 0 Å². The molecule has 0 spiro atoms. The fraction of sp³-hybridized carbons (Fsp3) is 0.208. The SMILES string of the molecule is COc1ccc(C(=O)N2CCC(Nc3ccccc3Cl)c3ccc(Cl)cc32)cc1OC.Cl. The van der Waals surface area contributed by atoms with Gasteiger partial charge in [0, 0.05) is 17.1 Å². The van der Waals surface area contributed by atoms with Gasteiger partial charge in [0.05, 0.1) is 36.7 Å². The van der Waals surface area contributed by atoms with E-state index < -0.39 is 0 Å². The molecule has 3 aromatic rings. The summed E-state index contributed by atoms with van der Waals surface area (Å²) in [6, 6.07) is 18.4. The molecule has 1 unspecified atom stereocenters. The van der Waals surface area contributed by atoms with Crippen molar-refractivity contribution in [3.63, 3.8) is 0 Å². The van der Waals surface area contributed by atoms with Crippen molar-refractivity contribution in [1.82, 2.24) is 0 Å². The third-order valence-corrected chi connectivity index (χ3v) is 5.94. The summed E-state index contributed by atoms with van der Waals surface area (Å²) in [5, 5.41) is 4.73. The number of hydrogen-bond donors (Lipinski definition) is 1. The van der Waals surface area contributed by atoms with Gasteiger partial charge in [0.1, 0.15) is 0 Å². The topological polar surface area (TPSA) is 50.8 Å². The molecule has 1 aliphatic rings. The normalized spacial score (nSPS) is 14.8. The van der Waals surface area contributed by atoms with Gasteiger partial charge in [0.15, 0.2) is 11.5 Å². The van der Waals surface area contributed by atoms with Gasteiger partial charge in [-0.25, -0.2) is 0 Å². The van der Waals surface area contributed by atoms with Gasteiger partial charge in [0.25, 0.3) is 5.91 Å². The number of halogens is 3. The van der Waals surface area contributed by atoms with Crippen molar-refractivity contribution in [3.8, 4) is 11.5 Å². The first-order chi connectivity index (χ1) is 15.0. The summed E-state index contributed by atoms with van der Waals surface area (Å²) in [5.41, 5.74) is 3.14. The van der Waals surface area contributed by atoms with Crippen molar-refractivity contribution in [3.05, 3.63) is 81.8 Å². The Hall–Kier alpha value is -2.60. The summed E-state index contributed by atoms with van der Waals surface area (Å²) < 4.78 is 10.6. The standard InChI is InChI=1S/C24H22Cl2N2O3.ClH/c1-30-22-10-7-15(13-23(22)31-2)24(29)28-12-11-19(17-9-8-16(25)14-21(17)28)27-20-6-4-3-5-18(20)26;/h3-10,13-14,19,27H,11-12H2,1-2H3;1H. The van der Waals surface area contributed by atoms with E-state index in [0.717, 1.165) is 23.4 Å². The Kier molecular flexibility index (Phi) is 7.77. The number of ether oxygens (including phenoxy) is 2. The van der Waals surface area contributed by atoms with Gasteiger partial charge in [-0.05, 0) is 54.4 Å². The molecule has 0 saturated heterocycles. The zero-order valence-corrected chi connectivity index (χ0v) is 19.9.